The minimum Gasteiger partial charge on any atom is -0.497 e. The van der Waals surface area contributed by atoms with Gasteiger partial charge in [0, 0.05) is 23.5 Å². The summed E-state index contributed by atoms with van der Waals surface area (Å²) >= 11 is 0. The van der Waals surface area contributed by atoms with Crippen LogP contribution in [0.4, 0.5) is 11.5 Å². The van der Waals surface area contributed by atoms with Gasteiger partial charge in [-0.1, -0.05) is 24.3 Å². The van der Waals surface area contributed by atoms with E-state index >= 15 is 0 Å². The second kappa shape index (κ2) is 8.44. The highest BCUT2D eigenvalue weighted by Gasteiger charge is 2.06. The molecule has 144 valence electrons. The molecule has 0 spiro atoms. The number of oxazole rings is 1. The molecule has 0 atom stereocenters. The van der Waals surface area contributed by atoms with Crippen LogP contribution in [0.1, 0.15) is 17.0 Å². The van der Waals surface area contributed by atoms with E-state index in [0.29, 0.717) is 11.7 Å². The third-order valence-electron chi connectivity index (χ3n) is 4.39. The molecular formula is C24H21N3O2. The molecule has 0 aliphatic heterocycles. The zero-order valence-electron chi connectivity index (χ0n) is 16.3. The number of aromatic nitrogens is 2. The van der Waals surface area contributed by atoms with Gasteiger partial charge in [-0.2, -0.15) is 0 Å². The standard InChI is InChI=1S/C24H21N3O2/c1-17-12-13-25-23(14-17)27-20-5-3-4-19(15-20)22-16-26-24(29-22)11-8-18-6-9-21(28-2)10-7-18/h3-16H,1-2H3,(H,25,27)/b11-8+. The molecule has 2 aromatic heterocycles. The molecule has 2 heterocycles. The van der Waals surface area contributed by atoms with E-state index in [1.807, 2.05) is 79.7 Å². The van der Waals surface area contributed by atoms with Gasteiger partial charge in [0.15, 0.2) is 5.76 Å². The van der Waals surface area contributed by atoms with Crippen molar-refractivity contribution in [2.24, 2.45) is 0 Å². The molecule has 0 aliphatic rings. The maximum Gasteiger partial charge on any atom is 0.219 e. The number of anilines is 2. The van der Waals surface area contributed by atoms with E-state index in [2.05, 4.69) is 15.3 Å². The highest BCUT2D eigenvalue weighted by atomic mass is 16.5. The average molecular weight is 383 g/mol. The van der Waals surface area contributed by atoms with Gasteiger partial charge < -0.3 is 14.5 Å². The minimum atomic E-state index is 0.550. The lowest BCUT2D eigenvalue weighted by molar-refractivity contribution is 0.415. The molecule has 0 amide bonds. The first-order valence-electron chi connectivity index (χ1n) is 9.28. The zero-order chi connectivity index (χ0) is 20.1. The Kier molecular flexibility index (Phi) is 5.38. The minimum absolute atomic E-state index is 0.550. The molecule has 0 radical (unpaired) electrons. The predicted octanol–water partition coefficient (Wildman–Crippen LogP) is 5.97. The highest BCUT2D eigenvalue weighted by Crippen LogP contribution is 2.26. The molecule has 1 N–H and O–H groups in total. The van der Waals surface area contributed by atoms with Crippen LogP contribution in [0.5, 0.6) is 5.75 Å². The molecule has 0 fully saturated rings. The van der Waals surface area contributed by atoms with Crippen LogP contribution in [0.3, 0.4) is 0 Å². The zero-order valence-corrected chi connectivity index (χ0v) is 16.3. The molecule has 0 saturated heterocycles. The number of methoxy groups -OCH3 is 1. The van der Waals surface area contributed by atoms with E-state index in [1.54, 1.807) is 19.5 Å². The summed E-state index contributed by atoms with van der Waals surface area (Å²) in [7, 11) is 1.65. The van der Waals surface area contributed by atoms with Crippen LogP contribution in [0, 0.1) is 6.92 Å². The Morgan fingerprint density at radius 3 is 2.62 bits per heavy atom. The van der Waals surface area contributed by atoms with Crippen LogP contribution >= 0.6 is 0 Å². The summed E-state index contributed by atoms with van der Waals surface area (Å²) < 4.78 is 11.1. The van der Waals surface area contributed by atoms with Gasteiger partial charge in [-0.25, -0.2) is 9.97 Å². The molecule has 0 aliphatic carbocycles. The molecule has 4 aromatic rings. The first-order valence-corrected chi connectivity index (χ1v) is 9.28. The van der Waals surface area contributed by atoms with E-state index in [-0.39, 0.29) is 0 Å². The summed E-state index contributed by atoms with van der Waals surface area (Å²) in [6, 6.07) is 19.7. The summed E-state index contributed by atoms with van der Waals surface area (Å²) in [6.07, 6.45) is 7.33. The summed E-state index contributed by atoms with van der Waals surface area (Å²) in [4.78, 5) is 8.70. The van der Waals surface area contributed by atoms with Crippen LogP contribution in [0.25, 0.3) is 23.5 Å². The van der Waals surface area contributed by atoms with Crippen LogP contribution in [-0.4, -0.2) is 17.1 Å². The van der Waals surface area contributed by atoms with E-state index in [1.165, 1.54) is 0 Å². The number of hydrogen-bond donors (Lipinski definition) is 1. The first-order chi connectivity index (χ1) is 14.2. The van der Waals surface area contributed by atoms with Crippen molar-refractivity contribution in [1.82, 2.24) is 9.97 Å². The Hall–Kier alpha value is -3.86. The van der Waals surface area contributed by atoms with Gasteiger partial charge >= 0.3 is 0 Å². The Balaban J connectivity index is 1.49. The fraction of sp³-hybridized carbons (Fsp3) is 0.0833. The highest BCUT2D eigenvalue weighted by molar-refractivity contribution is 5.69. The number of nitrogens with one attached hydrogen (secondary N) is 1. The monoisotopic (exact) mass is 383 g/mol. The molecule has 0 bridgehead atoms. The van der Waals surface area contributed by atoms with E-state index in [9.17, 15) is 0 Å². The third kappa shape index (κ3) is 4.71. The van der Waals surface area contributed by atoms with Crippen LogP contribution in [0.15, 0.2) is 77.5 Å². The molecule has 4 rings (SSSR count). The van der Waals surface area contributed by atoms with Crippen LogP contribution in [-0.2, 0) is 0 Å². The molecule has 29 heavy (non-hydrogen) atoms. The van der Waals surface area contributed by atoms with Gasteiger partial charge in [-0.3, -0.25) is 0 Å². The summed E-state index contributed by atoms with van der Waals surface area (Å²) in [5.74, 6) is 2.90. The Morgan fingerprint density at radius 1 is 0.966 bits per heavy atom. The summed E-state index contributed by atoms with van der Waals surface area (Å²) in [6.45, 7) is 2.04. The number of rotatable bonds is 6. The Bertz CT molecular complexity index is 1130. The molecule has 0 saturated carbocycles. The largest absolute Gasteiger partial charge is 0.497 e. The van der Waals surface area contributed by atoms with E-state index < -0.39 is 0 Å². The molecular weight excluding hydrogens is 362 g/mol. The Morgan fingerprint density at radius 2 is 1.83 bits per heavy atom. The van der Waals surface area contributed by atoms with E-state index in [4.69, 9.17) is 9.15 Å². The fourth-order valence-corrected chi connectivity index (χ4v) is 2.88. The Labute approximate surface area is 169 Å². The summed E-state index contributed by atoms with van der Waals surface area (Å²) in [5.41, 5.74) is 4.08. The van der Waals surface area contributed by atoms with Gasteiger partial charge in [0.25, 0.3) is 0 Å². The predicted molar refractivity (Wildman–Crippen MR) is 116 cm³/mol. The quantitative estimate of drug-likeness (QED) is 0.445. The lowest BCUT2D eigenvalue weighted by Crippen LogP contribution is -1.93. The molecule has 0 unspecified atom stereocenters. The third-order valence-corrected chi connectivity index (χ3v) is 4.39. The average Bonchev–Trinajstić information content (AvgIpc) is 3.22. The summed E-state index contributed by atoms with van der Waals surface area (Å²) in [5, 5.41) is 3.32. The maximum atomic E-state index is 5.89. The van der Waals surface area contributed by atoms with Gasteiger partial charge in [0.05, 0.1) is 13.3 Å². The van der Waals surface area contributed by atoms with Crippen molar-refractivity contribution in [3.8, 4) is 17.1 Å². The van der Waals surface area contributed by atoms with Gasteiger partial charge in [0.1, 0.15) is 11.6 Å². The van der Waals surface area contributed by atoms with Crippen molar-refractivity contribution >= 4 is 23.7 Å². The second-order valence-corrected chi connectivity index (χ2v) is 6.59. The molecule has 5 heteroatoms. The van der Waals surface area contributed by atoms with Crippen LogP contribution < -0.4 is 10.1 Å². The normalized spacial score (nSPS) is 11.0. The number of nitrogens with zero attached hydrogens (tertiary/aromatic N) is 2. The van der Waals surface area contributed by atoms with Crippen molar-refractivity contribution in [3.63, 3.8) is 0 Å². The number of hydrogen-bond acceptors (Lipinski definition) is 5. The van der Waals surface area contributed by atoms with Gasteiger partial charge in [0.2, 0.25) is 5.89 Å². The number of benzene rings is 2. The van der Waals surface area contributed by atoms with Crippen LogP contribution in [0.2, 0.25) is 0 Å². The van der Waals surface area contributed by atoms with Gasteiger partial charge in [-0.05, 0) is 60.5 Å². The number of pyridine rings is 1. The lowest BCUT2D eigenvalue weighted by atomic mass is 10.1. The maximum absolute atomic E-state index is 5.89. The number of ether oxygens (including phenoxy) is 1. The van der Waals surface area contributed by atoms with Gasteiger partial charge in [-0.15, -0.1) is 0 Å². The lowest BCUT2D eigenvalue weighted by Gasteiger charge is -2.07. The molecule has 5 nitrogen and oxygen atoms in total. The van der Waals surface area contributed by atoms with Crippen molar-refractivity contribution in [2.75, 3.05) is 12.4 Å². The van der Waals surface area contributed by atoms with Crippen molar-refractivity contribution in [1.29, 1.82) is 0 Å². The van der Waals surface area contributed by atoms with E-state index in [0.717, 1.165) is 33.9 Å². The van der Waals surface area contributed by atoms with Crippen molar-refractivity contribution in [3.05, 3.63) is 90.1 Å². The molecule has 2 aromatic carbocycles. The first kappa shape index (κ1) is 18.5. The SMILES string of the molecule is COc1ccc(/C=C/c2ncc(-c3cccc(Nc4cc(C)ccn4)c3)o2)cc1. The van der Waals surface area contributed by atoms with Crippen molar-refractivity contribution in [2.45, 2.75) is 6.92 Å². The van der Waals surface area contributed by atoms with Crippen molar-refractivity contribution < 1.29 is 9.15 Å². The fourth-order valence-electron chi connectivity index (χ4n) is 2.88. The smallest absolute Gasteiger partial charge is 0.219 e. The second-order valence-electron chi connectivity index (χ2n) is 6.59. The number of aryl methyl sites for hydroxylation is 1. The topological polar surface area (TPSA) is 60.2 Å².